The standard InChI is InChI=1S/C16H21F3N2O3/c1-2-15(10-22)5-7-21(8-6-15)14(23)12-3-4-13(20-9-12)24-11-16(17,18)19/h3-4,9,22H,2,5-8,10-11H2,1H3. The average molecular weight is 346 g/mol. The number of hydrogen-bond donors (Lipinski definition) is 1. The minimum atomic E-state index is -4.43. The predicted octanol–water partition coefficient (Wildman–Crippen LogP) is 2.65. The number of pyridine rings is 1. The third-order valence-corrected chi connectivity index (χ3v) is 4.56. The van der Waals surface area contributed by atoms with E-state index in [1.165, 1.54) is 18.3 Å². The van der Waals surface area contributed by atoms with Crippen LogP contribution < -0.4 is 4.74 Å². The molecule has 8 heteroatoms. The summed E-state index contributed by atoms with van der Waals surface area (Å²) in [5.41, 5.74) is 0.187. The van der Waals surface area contributed by atoms with Crippen molar-refractivity contribution < 1.29 is 27.8 Å². The summed E-state index contributed by atoms with van der Waals surface area (Å²) in [7, 11) is 0. The number of aromatic nitrogens is 1. The van der Waals surface area contributed by atoms with Crippen LogP contribution in [0.15, 0.2) is 18.3 Å². The number of halogens is 3. The van der Waals surface area contributed by atoms with Crippen molar-refractivity contribution in [3.8, 4) is 5.88 Å². The average Bonchev–Trinajstić information content (AvgIpc) is 2.59. The second-order valence-electron chi connectivity index (χ2n) is 6.09. The molecule has 0 aliphatic carbocycles. The number of amides is 1. The van der Waals surface area contributed by atoms with Crippen LogP contribution in [0.5, 0.6) is 5.88 Å². The van der Waals surface area contributed by atoms with Gasteiger partial charge in [0, 0.05) is 32.0 Å². The van der Waals surface area contributed by atoms with Crippen molar-refractivity contribution >= 4 is 5.91 Å². The molecule has 0 unspecified atom stereocenters. The van der Waals surface area contributed by atoms with E-state index in [4.69, 9.17) is 0 Å². The molecule has 1 aromatic heterocycles. The Morgan fingerprint density at radius 2 is 2.04 bits per heavy atom. The van der Waals surface area contributed by atoms with E-state index in [-0.39, 0.29) is 23.8 Å². The summed E-state index contributed by atoms with van der Waals surface area (Å²) in [4.78, 5) is 17.8. The summed E-state index contributed by atoms with van der Waals surface area (Å²) >= 11 is 0. The Labute approximate surface area is 138 Å². The quantitative estimate of drug-likeness (QED) is 0.890. The minimum Gasteiger partial charge on any atom is -0.468 e. The number of ether oxygens (including phenoxy) is 1. The lowest BCUT2D eigenvalue weighted by atomic mass is 9.77. The first-order valence-electron chi connectivity index (χ1n) is 7.84. The Kier molecular flexibility index (Phi) is 5.69. The highest BCUT2D eigenvalue weighted by atomic mass is 19.4. The fourth-order valence-electron chi connectivity index (χ4n) is 2.74. The number of aliphatic hydroxyl groups excluding tert-OH is 1. The number of nitrogens with zero attached hydrogens (tertiary/aromatic N) is 2. The van der Waals surface area contributed by atoms with Crippen LogP contribution in [-0.4, -0.2) is 53.4 Å². The van der Waals surface area contributed by atoms with Crippen molar-refractivity contribution in [3.05, 3.63) is 23.9 Å². The normalized spacial score (nSPS) is 17.6. The first-order valence-corrected chi connectivity index (χ1v) is 7.84. The molecule has 1 saturated heterocycles. The van der Waals surface area contributed by atoms with Crippen molar-refractivity contribution in [2.75, 3.05) is 26.3 Å². The zero-order valence-electron chi connectivity index (χ0n) is 13.5. The molecule has 0 atom stereocenters. The van der Waals surface area contributed by atoms with Crippen LogP contribution in [0.3, 0.4) is 0 Å². The Morgan fingerprint density at radius 3 is 2.50 bits per heavy atom. The van der Waals surface area contributed by atoms with Crippen LogP contribution in [0.4, 0.5) is 13.2 Å². The maximum atomic E-state index is 12.4. The number of rotatable bonds is 5. The minimum absolute atomic E-state index is 0.109. The van der Waals surface area contributed by atoms with Gasteiger partial charge in [0.1, 0.15) is 0 Å². The first kappa shape index (κ1) is 18.5. The molecule has 134 valence electrons. The smallest absolute Gasteiger partial charge is 0.422 e. The Balaban J connectivity index is 1.94. The Morgan fingerprint density at radius 1 is 1.38 bits per heavy atom. The molecule has 24 heavy (non-hydrogen) atoms. The van der Waals surface area contributed by atoms with E-state index in [0.717, 1.165) is 19.3 Å². The fourth-order valence-corrected chi connectivity index (χ4v) is 2.74. The van der Waals surface area contributed by atoms with Crippen LogP contribution in [0.25, 0.3) is 0 Å². The number of carbonyl (C=O) groups is 1. The number of aliphatic hydroxyl groups is 1. The molecule has 2 heterocycles. The van der Waals surface area contributed by atoms with Gasteiger partial charge >= 0.3 is 6.18 Å². The van der Waals surface area contributed by atoms with E-state index in [1.807, 2.05) is 6.92 Å². The van der Waals surface area contributed by atoms with Crippen LogP contribution in [-0.2, 0) is 0 Å². The van der Waals surface area contributed by atoms with Gasteiger partial charge in [-0.3, -0.25) is 4.79 Å². The molecule has 0 saturated carbocycles. The summed E-state index contributed by atoms with van der Waals surface area (Å²) in [6.45, 7) is 1.80. The van der Waals surface area contributed by atoms with E-state index in [2.05, 4.69) is 9.72 Å². The maximum absolute atomic E-state index is 12.4. The molecule has 1 aliphatic rings. The second kappa shape index (κ2) is 7.38. The summed E-state index contributed by atoms with van der Waals surface area (Å²) < 4.78 is 40.8. The molecule has 5 nitrogen and oxygen atoms in total. The van der Waals surface area contributed by atoms with Gasteiger partial charge < -0.3 is 14.7 Å². The molecule has 1 aromatic rings. The van der Waals surface area contributed by atoms with Crippen LogP contribution in [0.2, 0.25) is 0 Å². The largest absolute Gasteiger partial charge is 0.468 e. The highest BCUT2D eigenvalue weighted by Crippen LogP contribution is 2.34. The topological polar surface area (TPSA) is 62.7 Å². The third-order valence-electron chi connectivity index (χ3n) is 4.56. The van der Waals surface area contributed by atoms with Crippen LogP contribution >= 0.6 is 0 Å². The molecular formula is C16H21F3N2O3. The number of hydrogen-bond acceptors (Lipinski definition) is 4. The number of piperidine rings is 1. The van der Waals surface area contributed by atoms with E-state index in [9.17, 15) is 23.1 Å². The molecule has 0 radical (unpaired) electrons. The summed E-state index contributed by atoms with van der Waals surface area (Å²) in [5.74, 6) is -0.389. The summed E-state index contributed by atoms with van der Waals surface area (Å²) in [5, 5.41) is 9.51. The van der Waals surface area contributed by atoms with Gasteiger partial charge in [0.15, 0.2) is 6.61 Å². The van der Waals surface area contributed by atoms with Gasteiger partial charge in [-0.1, -0.05) is 6.92 Å². The van der Waals surface area contributed by atoms with E-state index in [1.54, 1.807) is 4.90 Å². The molecular weight excluding hydrogens is 325 g/mol. The van der Waals surface area contributed by atoms with Gasteiger partial charge in [-0.2, -0.15) is 13.2 Å². The van der Waals surface area contributed by atoms with Crippen molar-refractivity contribution in [3.63, 3.8) is 0 Å². The van der Waals surface area contributed by atoms with Gasteiger partial charge in [0.05, 0.1) is 5.56 Å². The molecule has 0 spiro atoms. The molecule has 2 rings (SSSR count). The zero-order valence-corrected chi connectivity index (χ0v) is 13.5. The highest BCUT2D eigenvalue weighted by Gasteiger charge is 2.34. The van der Waals surface area contributed by atoms with Gasteiger partial charge in [-0.15, -0.1) is 0 Å². The van der Waals surface area contributed by atoms with Gasteiger partial charge in [-0.25, -0.2) is 4.98 Å². The maximum Gasteiger partial charge on any atom is 0.422 e. The third kappa shape index (κ3) is 4.59. The number of carbonyl (C=O) groups excluding carboxylic acids is 1. The lowest BCUT2D eigenvalue weighted by Gasteiger charge is -2.40. The highest BCUT2D eigenvalue weighted by molar-refractivity contribution is 5.94. The second-order valence-corrected chi connectivity index (χ2v) is 6.09. The van der Waals surface area contributed by atoms with E-state index in [0.29, 0.717) is 18.7 Å². The molecule has 1 N–H and O–H groups in total. The lowest BCUT2D eigenvalue weighted by molar-refractivity contribution is -0.154. The lowest BCUT2D eigenvalue weighted by Crippen LogP contribution is -2.44. The van der Waals surface area contributed by atoms with Crippen molar-refractivity contribution in [1.29, 1.82) is 0 Å². The monoisotopic (exact) mass is 346 g/mol. The van der Waals surface area contributed by atoms with Gasteiger partial charge in [0.2, 0.25) is 5.88 Å². The van der Waals surface area contributed by atoms with Crippen molar-refractivity contribution in [2.45, 2.75) is 32.4 Å². The van der Waals surface area contributed by atoms with Gasteiger partial charge in [0.25, 0.3) is 5.91 Å². The van der Waals surface area contributed by atoms with E-state index >= 15 is 0 Å². The molecule has 0 bridgehead atoms. The Bertz CT molecular complexity index is 547. The van der Waals surface area contributed by atoms with Crippen molar-refractivity contribution in [1.82, 2.24) is 9.88 Å². The summed E-state index contributed by atoms with van der Waals surface area (Å²) in [6.07, 6.45) is -0.888. The fraction of sp³-hybridized carbons (Fsp3) is 0.625. The number of alkyl halides is 3. The summed E-state index contributed by atoms with van der Waals surface area (Å²) in [6, 6.07) is 2.67. The SMILES string of the molecule is CCC1(CO)CCN(C(=O)c2ccc(OCC(F)(F)F)nc2)CC1. The molecule has 1 fully saturated rings. The van der Waals surface area contributed by atoms with Gasteiger partial charge in [-0.05, 0) is 30.7 Å². The van der Waals surface area contributed by atoms with E-state index < -0.39 is 12.8 Å². The van der Waals surface area contributed by atoms with Crippen LogP contribution in [0.1, 0.15) is 36.5 Å². The zero-order chi connectivity index (χ0) is 17.8. The molecule has 0 aromatic carbocycles. The predicted molar refractivity (Wildman–Crippen MR) is 80.7 cm³/mol. The first-order chi connectivity index (χ1) is 11.3. The molecule has 1 amide bonds. The Hall–Kier alpha value is -1.83. The van der Waals surface area contributed by atoms with Crippen molar-refractivity contribution in [2.24, 2.45) is 5.41 Å². The number of likely N-dealkylation sites (tertiary alicyclic amines) is 1. The van der Waals surface area contributed by atoms with Crippen LogP contribution in [0, 0.1) is 5.41 Å². The molecule has 1 aliphatic heterocycles.